The maximum absolute atomic E-state index is 12.6. The normalized spacial score (nSPS) is 12.8. The van der Waals surface area contributed by atoms with E-state index in [1.807, 2.05) is 18.2 Å². The minimum Gasteiger partial charge on any atom is -0.324 e. The highest BCUT2D eigenvalue weighted by atomic mass is 32.2. The van der Waals surface area contributed by atoms with E-state index in [4.69, 9.17) is 0 Å². The molecule has 0 bridgehead atoms. The number of hydrogen-bond donors (Lipinski definition) is 2. The molecule has 164 valence electrons. The van der Waals surface area contributed by atoms with E-state index in [0.29, 0.717) is 11.3 Å². The van der Waals surface area contributed by atoms with Crippen LogP contribution in [-0.4, -0.2) is 20.1 Å². The third-order valence-corrected chi connectivity index (χ3v) is 6.88. The standard InChI is InChI=1S/C25H24N2O4S/c28-24(20-14-13-18-7-6-8-19(18)17-20)15-16-25(29)26-22-11-4-5-12-23(22)27-32(30,31)21-9-2-1-3-10-21/h1-5,9-14,17,27H,6-8,15-16H2,(H,26,29). The molecule has 0 atom stereocenters. The first-order chi connectivity index (χ1) is 15.4. The van der Waals surface area contributed by atoms with Gasteiger partial charge in [-0.15, -0.1) is 0 Å². The second-order valence-corrected chi connectivity index (χ2v) is 9.45. The Kier molecular flexibility index (Phi) is 6.37. The van der Waals surface area contributed by atoms with Crippen LogP contribution < -0.4 is 10.0 Å². The predicted octanol–water partition coefficient (Wildman–Crippen LogP) is 4.58. The van der Waals surface area contributed by atoms with Crippen molar-refractivity contribution in [2.75, 3.05) is 10.0 Å². The summed E-state index contributed by atoms with van der Waals surface area (Å²) in [4.78, 5) is 25.1. The molecule has 0 radical (unpaired) electrons. The summed E-state index contributed by atoms with van der Waals surface area (Å²) in [6.45, 7) is 0. The maximum Gasteiger partial charge on any atom is 0.261 e. The molecule has 1 aliphatic carbocycles. The van der Waals surface area contributed by atoms with E-state index in [1.165, 1.54) is 23.3 Å². The Labute approximate surface area is 187 Å². The van der Waals surface area contributed by atoms with Crippen LogP contribution in [0.2, 0.25) is 0 Å². The summed E-state index contributed by atoms with van der Waals surface area (Å²) in [6, 6.07) is 20.3. The van der Waals surface area contributed by atoms with Gasteiger partial charge in [-0.3, -0.25) is 14.3 Å². The van der Waals surface area contributed by atoms with Crippen LogP contribution in [0.1, 0.15) is 40.7 Å². The second kappa shape index (κ2) is 9.36. The fourth-order valence-electron chi connectivity index (χ4n) is 3.81. The van der Waals surface area contributed by atoms with Gasteiger partial charge < -0.3 is 5.32 Å². The number of benzene rings is 3. The molecule has 3 aromatic carbocycles. The lowest BCUT2D eigenvalue weighted by Gasteiger charge is -2.13. The maximum atomic E-state index is 12.6. The molecule has 0 aromatic heterocycles. The smallest absolute Gasteiger partial charge is 0.261 e. The van der Waals surface area contributed by atoms with Crippen LogP contribution in [0.3, 0.4) is 0 Å². The van der Waals surface area contributed by atoms with E-state index in [1.54, 1.807) is 42.5 Å². The lowest BCUT2D eigenvalue weighted by Crippen LogP contribution is -2.17. The Hall–Kier alpha value is -3.45. The number of carbonyl (C=O) groups is 2. The number of para-hydroxylation sites is 2. The monoisotopic (exact) mass is 448 g/mol. The number of amides is 1. The van der Waals surface area contributed by atoms with Crippen molar-refractivity contribution in [2.24, 2.45) is 0 Å². The number of ketones is 1. The summed E-state index contributed by atoms with van der Waals surface area (Å²) in [5, 5.41) is 2.71. The van der Waals surface area contributed by atoms with E-state index in [-0.39, 0.29) is 35.1 Å². The SMILES string of the molecule is O=C(CCC(=O)c1ccc2c(c1)CCC2)Nc1ccccc1NS(=O)(=O)c1ccccc1. The Morgan fingerprint density at radius 2 is 1.47 bits per heavy atom. The molecule has 6 nitrogen and oxygen atoms in total. The third-order valence-electron chi connectivity index (χ3n) is 5.50. The fourth-order valence-corrected chi connectivity index (χ4v) is 4.91. The molecular formula is C25H24N2O4S. The molecule has 0 heterocycles. The van der Waals surface area contributed by atoms with Gasteiger partial charge in [-0.05, 0) is 60.7 Å². The average Bonchev–Trinajstić information content (AvgIpc) is 3.27. The number of hydrogen-bond acceptors (Lipinski definition) is 4. The number of Topliss-reactive ketones (excluding diaryl/α,β-unsaturated/α-hetero) is 1. The van der Waals surface area contributed by atoms with Gasteiger partial charge in [-0.25, -0.2) is 8.42 Å². The van der Waals surface area contributed by atoms with Gasteiger partial charge in [0.1, 0.15) is 0 Å². The van der Waals surface area contributed by atoms with Crippen LogP contribution in [0.25, 0.3) is 0 Å². The zero-order valence-electron chi connectivity index (χ0n) is 17.5. The molecule has 0 saturated heterocycles. The van der Waals surface area contributed by atoms with Gasteiger partial charge in [0.25, 0.3) is 10.0 Å². The van der Waals surface area contributed by atoms with E-state index < -0.39 is 10.0 Å². The van der Waals surface area contributed by atoms with Gasteiger partial charge in [0.05, 0.1) is 16.3 Å². The minimum atomic E-state index is -3.79. The first-order valence-corrected chi connectivity index (χ1v) is 12.0. The van der Waals surface area contributed by atoms with Crippen LogP contribution in [0.4, 0.5) is 11.4 Å². The molecule has 0 aliphatic heterocycles. The van der Waals surface area contributed by atoms with Gasteiger partial charge in [0.2, 0.25) is 5.91 Å². The first kappa shape index (κ1) is 21.8. The van der Waals surface area contributed by atoms with Crippen molar-refractivity contribution < 1.29 is 18.0 Å². The number of fused-ring (bicyclic) bond motifs is 1. The summed E-state index contributed by atoms with van der Waals surface area (Å²) in [7, 11) is -3.79. The molecule has 4 rings (SSSR count). The lowest BCUT2D eigenvalue weighted by molar-refractivity contribution is -0.116. The zero-order valence-corrected chi connectivity index (χ0v) is 18.3. The summed E-state index contributed by atoms with van der Waals surface area (Å²) in [5.41, 5.74) is 3.75. The highest BCUT2D eigenvalue weighted by molar-refractivity contribution is 7.92. The van der Waals surface area contributed by atoms with Crippen molar-refractivity contribution >= 4 is 33.1 Å². The van der Waals surface area contributed by atoms with E-state index in [2.05, 4.69) is 10.0 Å². The molecule has 7 heteroatoms. The Morgan fingerprint density at radius 3 is 2.25 bits per heavy atom. The lowest BCUT2D eigenvalue weighted by atomic mass is 10.0. The topological polar surface area (TPSA) is 92.3 Å². The molecule has 0 fully saturated rings. The van der Waals surface area contributed by atoms with E-state index in [9.17, 15) is 18.0 Å². The Balaban J connectivity index is 1.39. The molecule has 1 aliphatic rings. The van der Waals surface area contributed by atoms with Gasteiger partial charge in [-0.2, -0.15) is 0 Å². The quantitative estimate of drug-likeness (QED) is 0.494. The molecular weight excluding hydrogens is 424 g/mol. The summed E-state index contributed by atoms with van der Waals surface area (Å²) in [5.74, 6) is -0.432. The van der Waals surface area contributed by atoms with Gasteiger partial charge in [-0.1, -0.05) is 42.5 Å². The molecule has 0 unspecified atom stereocenters. The van der Waals surface area contributed by atoms with Crippen molar-refractivity contribution in [3.63, 3.8) is 0 Å². The van der Waals surface area contributed by atoms with Crippen molar-refractivity contribution in [3.05, 3.63) is 89.5 Å². The van der Waals surface area contributed by atoms with Crippen LogP contribution in [-0.2, 0) is 27.7 Å². The second-order valence-electron chi connectivity index (χ2n) is 7.77. The highest BCUT2D eigenvalue weighted by Crippen LogP contribution is 2.26. The molecule has 2 N–H and O–H groups in total. The van der Waals surface area contributed by atoms with Gasteiger partial charge in [0.15, 0.2) is 5.78 Å². The number of anilines is 2. The van der Waals surface area contributed by atoms with Crippen molar-refractivity contribution in [1.82, 2.24) is 0 Å². The fraction of sp³-hybridized carbons (Fsp3) is 0.200. The highest BCUT2D eigenvalue weighted by Gasteiger charge is 2.18. The molecule has 0 spiro atoms. The zero-order chi connectivity index (χ0) is 22.6. The van der Waals surface area contributed by atoms with E-state index in [0.717, 1.165) is 19.3 Å². The Morgan fingerprint density at radius 1 is 0.781 bits per heavy atom. The summed E-state index contributed by atoms with van der Waals surface area (Å²) < 4.78 is 27.8. The largest absolute Gasteiger partial charge is 0.324 e. The minimum absolute atomic E-state index is 0.00961. The molecule has 32 heavy (non-hydrogen) atoms. The predicted molar refractivity (Wildman–Crippen MR) is 124 cm³/mol. The summed E-state index contributed by atoms with van der Waals surface area (Å²) in [6.07, 6.45) is 3.26. The third kappa shape index (κ3) is 5.06. The number of aryl methyl sites for hydroxylation is 2. The Bertz CT molecular complexity index is 1250. The van der Waals surface area contributed by atoms with E-state index >= 15 is 0 Å². The van der Waals surface area contributed by atoms with Crippen LogP contribution in [0.15, 0.2) is 77.7 Å². The molecule has 0 saturated carbocycles. The van der Waals surface area contributed by atoms with Gasteiger partial charge >= 0.3 is 0 Å². The first-order valence-electron chi connectivity index (χ1n) is 10.5. The number of carbonyl (C=O) groups excluding carboxylic acids is 2. The average molecular weight is 449 g/mol. The van der Waals surface area contributed by atoms with Crippen molar-refractivity contribution in [1.29, 1.82) is 0 Å². The van der Waals surface area contributed by atoms with Crippen LogP contribution in [0, 0.1) is 0 Å². The van der Waals surface area contributed by atoms with Crippen molar-refractivity contribution in [2.45, 2.75) is 37.0 Å². The summed E-state index contributed by atoms with van der Waals surface area (Å²) >= 11 is 0. The number of rotatable bonds is 8. The number of sulfonamides is 1. The molecule has 3 aromatic rings. The van der Waals surface area contributed by atoms with Crippen LogP contribution >= 0.6 is 0 Å². The molecule has 1 amide bonds. The van der Waals surface area contributed by atoms with Crippen LogP contribution in [0.5, 0.6) is 0 Å². The number of nitrogens with one attached hydrogen (secondary N) is 2. The van der Waals surface area contributed by atoms with Gasteiger partial charge in [0, 0.05) is 18.4 Å². The van der Waals surface area contributed by atoms with Crippen molar-refractivity contribution in [3.8, 4) is 0 Å².